The molecule has 0 N–H and O–H groups in total. The van der Waals surface area contributed by atoms with E-state index in [1.54, 1.807) is 0 Å². The Morgan fingerprint density at radius 3 is 1.43 bits per heavy atom. The quantitative estimate of drug-likeness (QED) is 0.656. The normalized spacial score (nSPS) is 14.6. The first-order valence-electron chi connectivity index (χ1n) is 5.62. The minimum atomic E-state index is -0.0403. The van der Waals surface area contributed by atoms with E-state index in [1.165, 1.54) is 6.42 Å². The van der Waals surface area contributed by atoms with E-state index in [9.17, 15) is 0 Å². The molecule has 1 nitrogen and oxygen atoms in total. The van der Waals surface area contributed by atoms with Crippen molar-refractivity contribution in [1.82, 2.24) is 0 Å². The number of rotatable bonds is 3. The Labute approximate surface area is 90.2 Å². The van der Waals surface area contributed by atoms with E-state index in [-0.39, 0.29) is 11.2 Å². The van der Waals surface area contributed by atoms with Gasteiger partial charge < -0.3 is 4.74 Å². The van der Waals surface area contributed by atoms with Gasteiger partial charge in [-0.05, 0) is 52.9 Å². The lowest BCUT2D eigenvalue weighted by molar-refractivity contribution is -0.119. The van der Waals surface area contributed by atoms with Crippen molar-refractivity contribution in [2.45, 2.75) is 79.4 Å². The molecule has 0 radical (unpaired) electrons. The summed E-state index contributed by atoms with van der Waals surface area (Å²) in [6, 6.07) is 0. The molecule has 0 aliphatic heterocycles. The molecule has 0 aliphatic carbocycles. The third kappa shape index (κ3) is 8.55. The second kappa shape index (κ2) is 4.22. The van der Waals surface area contributed by atoms with Gasteiger partial charge in [-0.15, -0.1) is 0 Å². The van der Waals surface area contributed by atoms with Gasteiger partial charge in [-0.2, -0.15) is 0 Å². The maximum Gasteiger partial charge on any atom is 0.0633 e. The van der Waals surface area contributed by atoms with E-state index in [2.05, 4.69) is 55.4 Å². The molecule has 0 rings (SSSR count). The second-order valence-electron chi connectivity index (χ2n) is 7.03. The summed E-state index contributed by atoms with van der Waals surface area (Å²) < 4.78 is 6.02. The molecule has 0 spiro atoms. The van der Waals surface area contributed by atoms with Crippen LogP contribution in [-0.2, 0) is 4.74 Å². The largest absolute Gasteiger partial charge is 0.370 e. The van der Waals surface area contributed by atoms with Crippen molar-refractivity contribution in [1.29, 1.82) is 0 Å². The molecule has 0 aliphatic rings. The smallest absolute Gasteiger partial charge is 0.0633 e. The standard InChI is InChI=1S/C13H28O/c1-11(2,3)9-10-13(7,8)14-12(4,5)6/h9-10H2,1-8H3. The molecule has 0 aromatic heterocycles. The zero-order chi connectivity index (χ0) is 11.6. The summed E-state index contributed by atoms with van der Waals surface area (Å²) in [4.78, 5) is 0. The molecule has 0 amide bonds. The van der Waals surface area contributed by atoms with Crippen LogP contribution in [0, 0.1) is 5.41 Å². The molecular weight excluding hydrogens is 172 g/mol. The predicted molar refractivity (Wildman–Crippen MR) is 63.6 cm³/mol. The summed E-state index contributed by atoms with van der Waals surface area (Å²) in [6.07, 6.45) is 2.32. The lowest BCUT2D eigenvalue weighted by Crippen LogP contribution is -2.35. The minimum Gasteiger partial charge on any atom is -0.370 e. The zero-order valence-electron chi connectivity index (χ0n) is 11.3. The van der Waals surface area contributed by atoms with Gasteiger partial charge >= 0.3 is 0 Å². The molecule has 0 aromatic carbocycles. The van der Waals surface area contributed by atoms with Gasteiger partial charge in [0.1, 0.15) is 0 Å². The molecule has 0 bridgehead atoms. The molecular formula is C13H28O. The summed E-state index contributed by atoms with van der Waals surface area (Å²) in [5, 5.41) is 0. The van der Waals surface area contributed by atoms with Crippen LogP contribution in [0.15, 0.2) is 0 Å². The first-order chi connectivity index (χ1) is 5.91. The van der Waals surface area contributed by atoms with Crippen molar-refractivity contribution in [3.05, 3.63) is 0 Å². The molecule has 1 heteroatoms. The van der Waals surface area contributed by atoms with E-state index in [0.717, 1.165) is 6.42 Å². The predicted octanol–water partition coefficient (Wildman–Crippen LogP) is 4.41. The third-order valence-corrected chi connectivity index (χ3v) is 2.06. The van der Waals surface area contributed by atoms with Gasteiger partial charge in [-0.1, -0.05) is 20.8 Å². The summed E-state index contributed by atoms with van der Waals surface area (Å²) >= 11 is 0. The Morgan fingerprint density at radius 1 is 0.714 bits per heavy atom. The third-order valence-electron chi connectivity index (χ3n) is 2.06. The van der Waals surface area contributed by atoms with E-state index in [4.69, 9.17) is 4.74 Å². The van der Waals surface area contributed by atoms with Crippen LogP contribution in [0.2, 0.25) is 0 Å². The fourth-order valence-electron chi connectivity index (χ4n) is 1.56. The SMILES string of the molecule is CC(C)(C)CCC(C)(C)OC(C)(C)C. The van der Waals surface area contributed by atoms with Crippen molar-refractivity contribution in [3.8, 4) is 0 Å². The summed E-state index contributed by atoms with van der Waals surface area (Å²) in [5.74, 6) is 0. The summed E-state index contributed by atoms with van der Waals surface area (Å²) in [5.41, 5.74) is 0.353. The number of hydrogen-bond acceptors (Lipinski definition) is 1. The van der Waals surface area contributed by atoms with Crippen LogP contribution < -0.4 is 0 Å². The Balaban J connectivity index is 4.09. The highest BCUT2D eigenvalue weighted by Gasteiger charge is 2.27. The van der Waals surface area contributed by atoms with Gasteiger partial charge in [0.25, 0.3) is 0 Å². The lowest BCUT2D eigenvalue weighted by Gasteiger charge is -2.35. The maximum atomic E-state index is 6.02. The molecule has 0 saturated heterocycles. The first-order valence-corrected chi connectivity index (χ1v) is 5.62. The van der Waals surface area contributed by atoms with Gasteiger partial charge in [-0.3, -0.25) is 0 Å². The topological polar surface area (TPSA) is 9.23 Å². The zero-order valence-corrected chi connectivity index (χ0v) is 11.3. The van der Waals surface area contributed by atoms with Crippen molar-refractivity contribution in [3.63, 3.8) is 0 Å². The van der Waals surface area contributed by atoms with Crippen LogP contribution in [0.4, 0.5) is 0 Å². The van der Waals surface area contributed by atoms with Crippen LogP contribution in [0.3, 0.4) is 0 Å². The van der Waals surface area contributed by atoms with Gasteiger partial charge in [0.2, 0.25) is 0 Å². The van der Waals surface area contributed by atoms with Gasteiger partial charge in [-0.25, -0.2) is 0 Å². The Kier molecular flexibility index (Phi) is 4.21. The van der Waals surface area contributed by atoms with Crippen molar-refractivity contribution < 1.29 is 4.74 Å². The second-order valence-corrected chi connectivity index (χ2v) is 7.03. The number of ether oxygens (including phenoxy) is 1. The monoisotopic (exact) mass is 200 g/mol. The average molecular weight is 200 g/mol. The number of hydrogen-bond donors (Lipinski definition) is 0. The summed E-state index contributed by atoms with van der Waals surface area (Å²) in [6.45, 7) is 17.6. The highest BCUT2D eigenvalue weighted by molar-refractivity contribution is 4.76. The molecule has 0 saturated carbocycles. The fourth-order valence-corrected chi connectivity index (χ4v) is 1.56. The van der Waals surface area contributed by atoms with E-state index >= 15 is 0 Å². The molecule has 86 valence electrons. The maximum absolute atomic E-state index is 6.02. The summed E-state index contributed by atoms with van der Waals surface area (Å²) in [7, 11) is 0. The minimum absolute atomic E-state index is 0.00840. The van der Waals surface area contributed by atoms with Crippen LogP contribution in [0.1, 0.15) is 68.2 Å². The molecule has 0 aromatic rings. The Bertz CT molecular complexity index is 167. The van der Waals surface area contributed by atoms with Crippen LogP contribution in [0.25, 0.3) is 0 Å². The van der Waals surface area contributed by atoms with Crippen LogP contribution in [0.5, 0.6) is 0 Å². The average Bonchev–Trinajstić information content (AvgIpc) is 1.76. The van der Waals surface area contributed by atoms with Gasteiger partial charge in [0.15, 0.2) is 0 Å². The fraction of sp³-hybridized carbons (Fsp3) is 1.00. The van der Waals surface area contributed by atoms with Crippen molar-refractivity contribution in [2.75, 3.05) is 0 Å². The van der Waals surface area contributed by atoms with E-state index in [0.29, 0.717) is 5.41 Å². The highest BCUT2D eigenvalue weighted by atomic mass is 16.5. The molecule has 0 atom stereocenters. The van der Waals surface area contributed by atoms with Crippen molar-refractivity contribution in [2.24, 2.45) is 5.41 Å². The van der Waals surface area contributed by atoms with Crippen LogP contribution in [-0.4, -0.2) is 11.2 Å². The first kappa shape index (κ1) is 14.0. The molecule has 14 heavy (non-hydrogen) atoms. The molecule has 0 unspecified atom stereocenters. The van der Waals surface area contributed by atoms with E-state index < -0.39 is 0 Å². The molecule has 0 fully saturated rings. The van der Waals surface area contributed by atoms with E-state index in [1.807, 2.05) is 0 Å². The van der Waals surface area contributed by atoms with Gasteiger partial charge in [0.05, 0.1) is 11.2 Å². The molecule has 0 heterocycles. The lowest BCUT2D eigenvalue weighted by atomic mass is 9.86. The Morgan fingerprint density at radius 2 is 1.14 bits per heavy atom. The van der Waals surface area contributed by atoms with Crippen LogP contribution >= 0.6 is 0 Å². The Hall–Kier alpha value is -0.0400. The highest BCUT2D eigenvalue weighted by Crippen LogP contribution is 2.30. The van der Waals surface area contributed by atoms with Gasteiger partial charge in [0, 0.05) is 0 Å². The van der Waals surface area contributed by atoms with Crippen molar-refractivity contribution >= 4 is 0 Å².